The van der Waals surface area contributed by atoms with Crippen LogP contribution in [-0.4, -0.2) is 27.5 Å². The summed E-state index contributed by atoms with van der Waals surface area (Å²) in [5.41, 5.74) is 0.901. The Hall–Kier alpha value is -1.69. The van der Waals surface area contributed by atoms with Crippen molar-refractivity contribution in [3.63, 3.8) is 0 Å². The average Bonchev–Trinajstić information content (AvgIpc) is 2.67. The second-order valence-electron chi connectivity index (χ2n) is 6.10. The number of rotatable bonds is 5. The van der Waals surface area contributed by atoms with E-state index >= 15 is 0 Å². The number of hydrogen-bond acceptors (Lipinski definition) is 2. The molecule has 0 aliphatic carbocycles. The Labute approximate surface area is 155 Å². The third kappa shape index (κ3) is 4.69. The number of halogens is 1. The first-order valence-corrected chi connectivity index (χ1v) is 9.86. The highest BCUT2D eigenvalue weighted by atomic mass is 35.5. The molecule has 6 heteroatoms. The van der Waals surface area contributed by atoms with E-state index in [1.54, 1.807) is 0 Å². The van der Waals surface area contributed by atoms with E-state index in [9.17, 15) is 9.00 Å². The largest absolute Gasteiger partial charge is 0.352 e. The maximum Gasteiger partial charge on any atom is 0.224 e. The fourth-order valence-electron chi connectivity index (χ4n) is 2.96. The highest BCUT2D eigenvalue weighted by Gasteiger charge is 2.29. The van der Waals surface area contributed by atoms with Gasteiger partial charge in [0, 0.05) is 24.7 Å². The van der Waals surface area contributed by atoms with Gasteiger partial charge in [0.2, 0.25) is 5.91 Å². The molecule has 1 aliphatic heterocycles. The molecule has 0 aromatic heterocycles. The maximum atomic E-state index is 12.7. The van der Waals surface area contributed by atoms with Crippen LogP contribution in [0, 0.1) is 5.92 Å². The second-order valence-corrected chi connectivity index (χ2v) is 7.99. The Morgan fingerprint density at radius 1 is 1.16 bits per heavy atom. The van der Waals surface area contributed by atoms with Crippen molar-refractivity contribution >= 4 is 28.5 Å². The van der Waals surface area contributed by atoms with E-state index in [0.717, 1.165) is 29.8 Å². The zero-order valence-electron chi connectivity index (χ0n) is 13.9. The molecule has 2 atom stereocenters. The van der Waals surface area contributed by atoms with E-state index in [4.69, 9.17) is 11.6 Å². The fraction of sp³-hybridized carbons (Fsp3) is 0.316. The van der Waals surface area contributed by atoms with Crippen molar-refractivity contribution in [1.82, 2.24) is 9.62 Å². The third-order valence-corrected chi connectivity index (χ3v) is 6.19. The normalized spacial score (nSPS) is 19.3. The standard InChI is InChI=1S/C19H21ClN2O2S/c20-18-11-5-4-7-15(18)13-21-19(23)16-8-6-12-22(14-16)25(24)17-9-2-1-3-10-17/h1-5,7,9-11,16H,6,8,12-14H2,(H,21,23). The van der Waals surface area contributed by atoms with Gasteiger partial charge in [-0.25, -0.2) is 8.51 Å². The van der Waals surface area contributed by atoms with Crippen LogP contribution in [0.5, 0.6) is 0 Å². The van der Waals surface area contributed by atoms with Crippen LogP contribution in [0.4, 0.5) is 0 Å². The molecule has 1 amide bonds. The zero-order valence-corrected chi connectivity index (χ0v) is 15.4. The first-order chi connectivity index (χ1) is 12.1. The third-order valence-electron chi connectivity index (χ3n) is 4.35. The van der Waals surface area contributed by atoms with Gasteiger partial charge in [-0.15, -0.1) is 0 Å². The number of nitrogens with one attached hydrogen (secondary N) is 1. The maximum absolute atomic E-state index is 12.7. The van der Waals surface area contributed by atoms with Crippen LogP contribution in [-0.2, 0) is 22.3 Å². The number of piperidine rings is 1. The summed E-state index contributed by atoms with van der Waals surface area (Å²) in [7, 11) is -1.22. The first kappa shape index (κ1) is 18.1. The minimum atomic E-state index is -1.22. The Morgan fingerprint density at radius 3 is 2.64 bits per heavy atom. The van der Waals surface area contributed by atoms with Crippen LogP contribution in [0.25, 0.3) is 0 Å². The quantitative estimate of drug-likeness (QED) is 0.869. The Kier molecular flexibility index (Phi) is 6.24. The number of amides is 1. The molecule has 0 saturated carbocycles. The van der Waals surface area contributed by atoms with Crippen molar-refractivity contribution in [2.24, 2.45) is 5.92 Å². The molecule has 2 unspecified atom stereocenters. The van der Waals surface area contributed by atoms with Crippen molar-refractivity contribution in [3.05, 3.63) is 65.2 Å². The van der Waals surface area contributed by atoms with Gasteiger partial charge < -0.3 is 5.32 Å². The van der Waals surface area contributed by atoms with E-state index in [2.05, 4.69) is 5.32 Å². The van der Waals surface area contributed by atoms with Crippen molar-refractivity contribution in [2.45, 2.75) is 24.3 Å². The Morgan fingerprint density at radius 2 is 1.88 bits per heavy atom. The van der Waals surface area contributed by atoms with E-state index in [1.165, 1.54) is 0 Å². The van der Waals surface area contributed by atoms with Gasteiger partial charge in [0.05, 0.1) is 10.8 Å². The number of benzene rings is 2. The molecule has 0 radical (unpaired) electrons. The van der Waals surface area contributed by atoms with Crippen LogP contribution >= 0.6 is 11.6 Å². The number of hydrogen-bond donors (Lipinski definition) is 1. The van der Waals surface area contributed by atoms with Gasteiger partial charge in [0.1, 0.15) is 11.0 Å². The van der Waals surface area contributed by atoms with Crippen molar-refractivity contribution in [3.8, 4) is 0 Å². The summed E-state index contributed by atoms with van der Waals surface area (Å²) in [6, 6.07) is 16.9. The molecule has 1 fully saturated rings. The Bertz CT molecular complexity index is 754. The minimum Gasteiger partial charge on any atom is -0.352 e. The molecule has 25 heavy (non-hydrogen) atoms. The monoisotopic (exact) mass is 376 g/mol. The molecule has 132 valence electrons. The predicted molar refractivity (Wildman–Crippen MR) is 100 cm³/mol. The smallest absolute Gasteiger partial charge is 0.224 e. The van der Waals surface area contributed by atoms with E-state index in [0.29, 0.717) is 18.1 Å². The SMILES string of the molecule is O=C(NCc1ccccc1Cl)C1CCCN(S(=O)c2ccccc2)C1. The summed E-state index contributed by atoms with van der Waals surface area (Å²) in [5.74, 6) is -0.154. The molecule has 2 aromatic carbocycles. The van der Waals surface area contributed by atoms with Crippen LogP contribution in [0.2, 0.25) is 5.02 Å². The molecule has 1 aliphatic rings. The van der Waals surface area contributed by atoms with Gasteiger partial charge in [-0.1, -0.05) is 48.0 Å². The van der Waals surface area contributed by atoms with Crippen LogP contribution in [0.15, 0.2) is 59.5 Å². The van der Waals surface area contributed by atoms with Gasteiger partial charge in [0.15, 0.2) is 0 Å². The van der Waals surface area contributed by atoms with Crippen LogP contribution < -0.4 is 5.32 Å². The van der Waals surface area contributed by atoms with Crippen molar-refractivity contribution in [1.29, 1.82) is 0 Å². The summed E-state index contributed by atoms with van der Waals surface area (Å²) < 4.78 is 14.6. The molecule has 1 N–H and O–H groups in total. The molecule has 4 nitrogen and oxygen atoms in total. The lowest BCUT2D eigenvalue weighted by Crippen LogP contribution is -2.43. The number of carbonyl (C=O) groups excluding carboxylic acids is 1. The van der Waals surface area contributed by atoms with Gasteiger partial charge in [0.25, 0.3) is 0 Å². The molecule has 0 bridgehead atoms. The summed E-state index contributed by atoms with van der Waals surface area (Å²) in [6.45, 7) is 1.67. The summed E-state index contributed by atoms with van der Waals surface area (Å²) in [4.78, 5) is 13.3. The molecular formula is C19H21ClN2O2S. The van der Waals surface area contributed by atoms with Gasteiger partial charge in [-0.3, -0.25) is 4.79 Å². The molecular weight excluding hydrogens is 356 g/mol. The van der Waals surface area contributed by atoms with Crippen molar-refractivity contribution < 1.29 is 9.00 Å². The van der Waals surface area contributed by atoms with E-state index in [1.807, 2.05) is 58.9 Å². The van der Waals surface area contributed by atoms with Crippen molar-refractivity contribution in [2.75, 3.05) is 13.1 Å². The predicted octanol–water partition coefficient (Wildman–Crippen LogP) is 3.39. The number of carbonyl (C=O) groups is 1. The lowest BCUT2D eigenvalue weighted by atomic mass is 9.99. The molecule has 0 spiro atoms. The van der Waals surface area contributed by atoms with Gasteiger partial charge in [-0.2, -0.15) is 0 Å². The lowest BCUT2D eigenvalue weighted by Gasteiger charge is -2.30. The summed E-state index contributed by atoms with van der Waals surface area (Å²) in [6.07, 6.45) is 1.68. The highest BCUT2D eigenvalue weighted by molar-refractivity contribution is 7.82. The zero-order chi connectivity index (χ0) is 17.6. The minimum absolute atomic E-state index is 0.00492. The van der Waals surface area contributed by atoms with Gasteiger partial charge >= 0.3 is 0 Å². The van der Waals surface area contributed by atoms with E-state index in [-0.39, 0.29) is 11.8 Å². The topological polar surface area (TPSA) is 49.4 Å². The molecule has 1 saturated heterocycles. The van der Waals surface area contributed by atoms with E-state index < -0.39 is 11.0 Å². The highest BCUT2D eigenvalue weighted by Crippen LogP contribution is 2.22. The van der Waals surface area contributed by atoms with Crippen LogP contribution in [0.1, 0.15) is 18.4 Å². The molecule has 3 rings (SSSR count). The fourth-order valence-corrected chi connectivity index (χ4v) is 4.46. The number of nitrogens with zero attached hydrogens (tertiary/aromatic N) is 1. The van der Waals surface area contributed by atoms with Crippen LogP contribution in [0.3, 0.4) is 0 Å². The lowest BCUT2D eigenvalue weighted by molar-refractivity contribution is -0.126. The molecule has 1 heterocycles. The average molecular weight is 377 g/mol. The summed E-state index contributed by atoms with van der Waals surface area (Å²) in [5, 5.41) is 3.61. The second kappa shape index (κ2) is 8.61. The first-order valence-electron chi connectivity index (χ1n) is 8.38. The van der Waals surface area contributed by atoms with Gasteiger partial charge in [-0.05, 0) is 36.6 Å². The summed E-state index contributed by atoms with van der Waals surface area (Å²) >= 11 is 6.13. The molecule has 2 aromatic rings. The Balaban J connectivity index is 1.58.